The number of benzene rings is 2. The van der Waals surface area contributed by atoms with Gasteiger partial charge in [0, 0.05) is 56.3 Å². The lowest BCUT2D eigenvalue weighted by Gasteiger charge is -2.53. The molecule has 4 atom stereocenters. The van der Waals surface area contributed by atoms with Gasteiger partial charge in [-0.05, 0) is 81.4 Å². The molecule has 0 unspecified atom stereocenters. The summed E-state index contributed by atoms with van der Waals surface area (Å²) < 4.78 is 27.0. The number of amides is 2. The van der Waals surface area contributed by atoms with Gasteiger partial charge in [0.25, 0.3) is 0 Å². The number of piperidine rings is 1. The van der Waals surface area contributed by atoms with E-state index in [0.29, 0.717) is 64.8 Å². The van der Waals surface area contributed by atoms with Gasteiger partial charge < -0.3 is 21.7 Å². The quantitative estimate of drug-likeness (QED) is 0.160. The second kappa shape index (κ2) is 18.9. The number of hydrogen-bond donors (Lipinski definition) is 3. The van der Waals surface area contributed by atoms with Gasteiger partial charge in [-0.3, -0.25) is 19.2 Å². The van der Waals surface area contributed by atoms with E-state index >= 15 is 0 Å². The molecule has 2 aromatic rings. The van der Waals surface area contributed by atoms with Crippen LogP contribution >= 0.6 is 0 Å². The molecule has 12 heteroatoms. The summed E-state index contributed by atoms with van der Waals surface area (Å²) in [5.74, 6) is -2.03. The smallest absolute Gasteiger partial charge is 0.226 e. The monoisotopic (exact) mass is 763 g/mol. The number of hydrogen-bond acceptors (Lipinski definition) is 8. The van der Waals surface area contributed by atoms with Crippen molar-refractivity contribution in [3.63, 3.8) is 0 Å². The van der Waals surface area contributed by atoms with Crippen molar-refractivity contribution in [3.05, 3.63) is 71.8 Å². The molecule has 2 aliphatic heterocycles. The Morgan fingerprint density at radius 1 is 0.833 bits per heavy atom. The molecular weight excluding hydrogens is 703 g/mol. The van der Waals surface area contributed by atoms with Crippen LogP contribution in [0.5, 0.6) is 0 Å². The maximum absolute atomic E-state index is 14.1. The van der Waals surface area contributed by atoms with Crippen LogP contribution in [0.3, 0.4) is 0 Å². The van der Waals surface area contributed by atoms with Crippen LogP contribution in [0.1, 0.15) is 89.2 Å². The molecule has 3 aliphatic rings. The van der Waals surface area contributed by atoms with E-state index in [4.69, 9.17) is 11.5 Å². The van der Waals surface area contributed by atoms with Crippen molar-refractivity contribution in [2.75, 3.05) is 32.7 Å². The highest BCUT2D eigenvalue weighted by atomic mass is 32.2. The van der Waals surface area contributed by atoms with Crippen LogP contribution in [-0.4, -0.2) is 91.1 Å². The number of likely N-dealkylation sites (tertiary alicyclic amines) is 1. The first kappa shape index (κ1) is 41.7. The summed E-state index contributed by atoms with van der Waals surface area (Å²) >= 11 is 0. The molecule has 1 saturated carbocycles. The van der Waals surface area contributed by atoms with Crippen LogP contribution < -0.4 is 16.8 Å². The van der Waals surface area contributed by atoms with Crippen LogP contribution in [0, 0.1) is 23.2 Å². The lowest BCUT2D eigenvalue weighted by molar-refractivity contribution is -0.142. The predicted molar refractivity (Wildman–Crippen MR) is 211 cm³/mol. The first-order chi connectivity index (χ1) is 25.8. The Hall–Kier alpha value is -3.45. The minimum atomic E-state index is -3.19. The molecule has 0 bridgehead atoms. The highest BCUT2D eigenvalue weighted by Crippen LogP contribution is 2.45. The number of nitrogens with two attached hydrogens (primary N) is 2. The zero-order valence-electron chi connectivity index (χ0n) is 32.2. The van der Waals surface area contributed by atoms with E-state index in [2.05, 4.69) is 5.32 Å². The first-order valence-corrected chi connectivity index (χ1v) is 21.5. The zero-order valence-corrected chi connectivity index (χ0v) is 33.0. The molecule has 2 heterocycles. The SMILES string of the molecule is CC(C)C[C@@H](NC(=O)[C@H](CC(=O)[C@H](N)Cc1ccccc1)Cc1ccccc1)C(=O)C[C@H](CCCCN)C(=O)N1CCC2(CC1)CN(S(=O)(=O)C1CC1)C2. The normalized spacial score (nSPS) is 19.5. The lowest BCUT2D eigenvalue weighted by Crippen LogP contribution is -2.62. The Morgan fingerprint density at radius 2 is 1.41 bits per heavy atom. The predicted octanol–water partition coefficient (Wildman–Crippen LogP) is 4.03. The van der Waals surface area contributed by atoms with Crippen molar-refractivity contribution < 1.29 is 27.6 Å². The Morgan fingerprint density at radius 3 is 1.96 bits per heavy atom. The largest absolute Gasteiger partial charge is 0.346 e. The number of unbranched alkanes of at least 4 members (excludes halogenated alkanes) is 1. The van der Waals surface area contributed by atoms with Crippen molar-refractivity contribution in [1.82, 2.24) is 14.5 Å². The summed E-state index contributed by atoms with van der Waals surface area (Å²) in [5.41, 5.74) is 13.9. The highest BCUT2D eigenvalue weighted by molar-refractivity contribution is 7.90. The number of sulfonamides is 1. The van der Waals surface area contributed by atoms with E-state index in [9.17, 15) is 27.6 Å². The molecule has 54 heavy (non-hydrogen) atoms. The standard InChI is InChI=1S/C42H61N5O6S/c1-30(2)23-37(45-40(50)34(24-31-11-5-3-6-12-31)27-38(48)36(44)25-32-13-7-4-8-14-32)39(49)26-33(15-9-10-20-43)41(51)46-21-18-42(19-22-46)28-47(29-42)54(52,53)35-16-17-35/h3-8,11-14,30,33-37H,9-10,15-29,43-44H2,1-2H3,(H,45,50)/t33-,34-,36+,37+/m0/s1. The van der Waals surface area contributed by atoms with Crippen LogP contribution in [0.15, 0.2) is 60.7 Å². The van der Waals surface area contributed by atoms with Crippen molar-refractivity contribution in [3.8, 4) is 0 Å². The number of rotatable bonds is 21. The zero-order chi connectivity index (χ0) is 38.9. The van der Waals surface area contributed by atoms with Crippen molar-refractivity contribution in [2.24, 2.45) is 34.6 Å². The molecular formula is C42H61N5O6S. The van der Waals surface area contributed by atoms with Gasteiger partial charge in [0.15, 0.2) is 11.6 Å². The van der Waals surface area contributed by atoms with Gasteiger partial charge in [0.1, 0.15) is 0 Å². The molecule has 3 fully saturated rings. The Bertz CT molecular complexity index is 1670. The highest BCUT2D eigenvalue weighted by Gasteiger charge is 2.53. The molecule has 5 rings (SSSR count). The van der Waals surface area contributed by atoms with Crippen molar-refractivity contribution >= 4 is 33.4 Å². The molecule has 0 radical (unpaired) electrons. The minimum absolute atomic E-state index is 0.000354. The maximum Gasteiger partial charge on any atom is 0.226 e. The lowest BCUT2D eigenvalue weighted by atomic mass is 9.73. The number of nitrogens with one attached hydrogen (secondary N) is 1. The van der Waals surface area contributed by atoms with E-state index in [0.717, 1.165) is 43.2 Å². The molecule has 1 aliphatic carbocycles. The van der Waals surface area contributed by atoms with E-state index in [1.807, 2.05) is 79.4 Å². The van der Waals surface area contributed by atoms with Crippen molar-refractivity contribution in [1.29, 1.82) is 0 Å². The molecule has 296 valence electrons. The van der Waals surface area contributed by atoms with E-state index in [1.54, 1.807) is 4.31 Å². The maximum atomic E-state index is 14.1. The Balaban J connectivity index is 1.24. The Labute approximate surface area is 322 Å². The fraction of sp³-hybridized carbons (Fsp3) is 0.619. The third-order valence-corrected chi connectivity index (χ3v) is 13.8. The molecule has 5 N–H and O–H groups in total. The van der Waals surface area contributed by atoms with Gasteiger partial charge in [-0.1, -0.05) is 80.9 Å². The summed E-state index contributed by atoms with van der Waals surface area (Å²) in [6.07, 6.45) is 5.96. The number of Topliss-reactive ketones (excluding diaryl/α,β-unsaturated/α-hetero) is 2. The topological polar surface area (TPSA) is 173 Å². The Kier molecular flexibility index (Phi) is 14.6. The van der Waals surface area contributed by atoms with Crippen molar-refractivity contribution in [2.45, 2.75) is 108 Å². The number of carbonyl (C=O) groups excluding carboxylic acids is 4. The van der Waals surface area contributed by atoms with Gasteiger partial charge in [0.05, 0.1) is 17.3 Å². The molecule has 1 spiro atoms. The average molecular weight is 764 g/mol. The van der Waals surface area contributed by atoms with Crippen LogP contribution in [0.2, 0.25) is 0 Å². The van der Waals surface area contributed by atoms with Gasteiger partial charge >= 0.3 is 0 Å². The third-order valence-electron chi connectivity index (χ3n) is 11.5. The average Bonchev–Trinajstić information content (AvgIpc) is 4.00. The summed E-state index contributed by atoms with van der Waals surface area (Å²) in [7, 11) is -3.19. The van der Waals surface area contributed by atoms with Gasteiger partial charge in [-0.15, -0.1) is 0 Å². The fourth-order valence-electron chi connectivity index (χ4n) is 8.03. The van der Waals surface area contributed by atoms with E-state index < -0.39 is 33.9 Å². The number of ketones is 2. The second-order valence-corrected chi connectivity index (χ2v) is 18.7. The molecule has 11 nitrogen and oxygen atoms in total. The van der Waals surface area contributed by atoms with Gasteiger partial charge in [0.2, 0.25) is 21.8 Å². The van der Waals surface area contributed by atoms with E-state index in [1.165, 1.54) is 0 Å². The molecule has 2 amide bonds. The summed E-state index contributed by atoms with van der Waals surface area (Å²) in [4.78, 5) is 57.6. The van der Waals surface area contributed by atoms with Crippen LogP contribution in [-0.2, 0) is 42.0 Å². The molecule has 0 aromatic heterocycles. The molecule has 2 saturated heterocycles. The van der Waals surface area contributed by atoms with Gasteiger partial charge in [-0.25, -0.2) is 12.7 Å². The minimum Gasteiger partial charge on any atom is -0.346 e. The fourth-order valence-corrected chi connectivity index (χ4v) is 10.1. The van der Waals surface area contributed by atoms with E-state index in [-0.39, 0.29) is 52.8 Å². The first-order valence-electron chi connectivity index (χ1n) is 20.0. The van der Waals surface area contributed by atoms with Crippen LogP contribution in [0.4, 0.5) is 0 Å². The summed E-state index contributed by atoms with van der Waals surface area (Å²) in [6.45, 7) is 6.59. The third kappa shape index (κ3) is 11.3. The van der Waals surface area contributed by atoms with Gasteiger partial charge in [-0.2, -0.15) is 0 Å². The van der Waals surface area contributed by atoms with Crippen LogP contribution in [0.25, 0.3) is 0 Å². The molecule has 2 aromatic carbocycles. The number of nitrogens with zero attached hydrogens (tertiary/aromatic N) is 2. The second-order valence-electron chi connectivity index (χ2n) is 16.5. The summed E-state index contributed by atoms with van der Waals surface area (Å²) in [5, 5.41) is 2.81. The number of carbonyl (C=O) groups is 4. The summed E-state index contributed by atoms with van der Waals surface area (Å²) in [6, 6.07) is 17.5.